The van der Waals surface area contributed by atoms with Crippen LogP contribution in [-0.2, 0) is 15.1 Å². The van der Waals surface area contributed by atoms with Gasteiger partial charge in [0.1, 0.15) is 12.1 Å². The third-order valence-electron chi connectivity index (χ3n) is 4.52. The Morgan fingerprint density at radius 2 is 1.96 bits per heavy atom. The minimum absolute atomic E-state index is 0.389. The lowest BCUT2D eigenvalue weighted by Crippen LogP contribution is -2.42. The Hall–Kier alpha value is -2.38. The van der Waals surface area contributed by atoms with Crippen molar-refractivity contribution >= 4 is 51.1 Å². The molecule has 8 heteroatoms. The van der Waals surface area contributed by atoms with Gasteiger partial charge in [-0.15, -0.1) is 0 Å². The van der Waals surface area contributed by atoms with Gasteiger partial charge in [-0.25, -0.2) is 4.79 Å². The molecule has 0 saturated carbocycles. The molecule has 0 bridgehead atoms. The standard InChI is InChI=1S/C19H17BrClN3O3/c1-11-14(21)7-4-8-15(11)22-16(25)10-24-17(26)19(2,23-18(24)27)12-5-3-6-13(20)9-12/h3-9H,10H2,1-2H3,(H,22,25)(H,23,27). The first kappa shape index (κ1) is 19.4. The first-order valence-electron chi connectivity index (χ1n) is 8.17. The van der Waals surface area contributed by atoms with Crippen molar-refractivity contribution in [3.8, 4) is 0 Å². The first-order valence-corrected chi connectivity index (χ1v) is 9.34. The number of carbonyl (C=O) groups is 3. The summed E-state index contributed by atoms with van der Waals surface area (Å²) in [7, 11) is 0. The topological polar surface area (TPSA) is 78.5 Å². The fourth-order valence-electron chi connectivity index (χ4n) is 2.91. The number of halogens is 2. The molecular formula is C19H17BrClN3O3. The summed E-state index contributed by atoms with van der Waals surface area (Å²) in [6.45, 7) is 3.00. The van der Waals surface area contributed by atoms with Crippen molar-refractivity contribution in [3.05, 3.63) is 63.1 Å². The average molecular weight is 451 g/mol. The van der Waals surface area contributed by atoms with Crippen LogP contribution in [0.25, 0.3) is 0 Å². The maximum absolute atomic E-state index is 12.9. The molecule has 2 N–H and O–H groups in total. The van der Waals surface area contributed by atoms with Crippen LogP contribution < -0.4 is 10.6 Å². The highest BCUT2D eigenvalue weighted by Gasteiger charge is 2.49. The summed E-state index contributed by atoms with van der Waals surface area (Å²) < 4.78 is 0.788. The first-order chi connectivity index (χ1) is 12.7. The largest absolute Gasteiger partial charge is 0.325 e. The normalized spacial score (nSPS) is 19.2. The molecule has 4 amide bonds. The molecule has 2 aromatic carbocycles. The maximum atomic E-state index is 12.9. The third-order valence-corrected chi connectivity index (χ3v) is 5.42. The number of anilines is 1. The summed E-state index contributed by atoms with van der Waals surface area (Å²) in [5.41, 5.74) is 0.648. The molecule has 1 aliphatic rings. The lowest BCUT2D eigenvalue weighted by molar-refractivity contribution is -0.133. The van der Waals surface area contributed by atoms with E-state index in [4.69, 9.17) is 11.6 Å². The highest BCUT2D eigenvalue weighted by Crippen LogP contribution is 2.30. The molecule has 140 valence electrons. The molecule has 1 unspecified atom stereocenters. The summed E-state index contributed by atoms with van der Waals surface area (Å²) in [4.78, 5) is 38.5. The van der Waals surface area contributed by atoms with E-state index in [2.05, 4.69) is 26.6 Å². The van der Waals surface area contributed by atoms with E-state index < -0.39 is 23.4 Å². The van der Waals surface area contributed by atoms with Gasteiger partial charge in [0.2, 0.25) is 5.91 Å². The van der Waals surface area contributed by atoms with Gasteiger partial charge in [0.25, 0.3) is 5.91 Å². The van der Waals surface area contributed by atoms with Gasteiger partial charge in [-0.3, -0.25) is 14.5 Å². The van der Waals surface area contributed by atoms with Crippen molar-refractivity contribution in [3.63, 3.8) is 0 Å². The van der Waals surface area contributed by atoms with Crippen LogP contribution in [0.3, 0.4) is 0 Å². The fraction of sp³-hybridized carbons (Fsp3) is 0.211. The second-order valence-electron chi connectivity index (χ2n) is 6.42. The van der Waals surface area contributed by atoms with Crippen LogP contribution in [-0.4, -0.2) is 29.3 Å². The van der Waals surface area contributed by atoms with Gasteiger partial charge in [-0.05, 0) is 49.2 Å². The zero-order valence-corrected chi connectivity index (χ0v) is 17.0. The van der Waals surface area contributed by atoms with Gasteiger partial charge in [0.15, 0.2) is 0 Å². The number of carbonyl (C=O) groups excluding carboxylic acids is 3. The van der Waals surface area contributed by atoms with Crippen molar-refractivity contribution in [2.45, 2.75) is 19.4 Å². The number of hydrogen-bond donors (Lipinski definition) is 2. The monoisotopic (exact) mass is 449 g/mol. The Labute approximate surface area is 170 Å². The molecule has 6 nitrogen and oxygen atoms in total. The second kappa shape index (κ2) is 7.32. The molecule has 0 aromatic heterocycles. The number of rotatable bonds is 4. The van der Waals surface area contributed by atoms with Crippen LogP contribution in [0.2, 0.25) is 5.02 Å². The van der Waals surface area contributed by atoms with Crippen molar-refractivity contribution < 1.29 is 14.4 Å². The lowest BCUT2D eigenvalue weighted by Gasteiger charge is -2.22. The van der Waals surface area contributed by atoms with Crippen LogP contribution in [0.15, 0.2) is 46.9 Å². The smallest absolute Gasteiger partial charge is 0.324 e. The average Bonchev–Trinajstić information content (AvgIpc) is 2.83. The van der Waals surface area contributed by atoms with Crippen LogP contribution >= 0.6 is 27.5 Å². The second-order valence-corrected chi connectivity index (χ2v) is 7.74. The summed E-state index contributed by atoms with van der Waals surface area (Å²) in [5, 5.41) is 5.89. The molecule has 1 aliphatic heterocycles. The van der Waals surface area contributed by atoms with Gasteiger partial charge >= 0.3 is 6.03 Å². The van der Waals surface area contributed by atoms with Gasteiger partial charge < -0.3 is 10.6 Å². The lowest BCUT2D eigenvalue weighted by atomic mass is 9.92. The number of imide groups is 1. The maximum Gasteiger partial charge on any atom is 0.325 e. The van der Waals surface area contributed by atoms with E-state index in [1.54, 1.807) is 50.2 Å². The minimum Gasteiger partial charge on any atom is -0.324 e. The zero-order valence-electron chi connectivity index (χ0n) is 14.7. The van der Waals surface area contributed by atoms with Crippen molar-refractivity contribution in [1.29, 1.82) is 0 Å². The van der Waals surface area contributed by atoms with E-state index in [1.807, 2.05) is 6.07 Å². The fourth-order valence-corrected chi connectivity index (χ4v) is 3.49. The van der Waals surface area contributed by atoms with Gasteiger partial charge in [0, 0.05) is 15.2 Å². The van der Waals surface area contributed by atoms with E-state index in [9.17, 15) is 14.4 Å². The predicted molar refractivity (Wildman–Crippen MR) is 107 cm³/mol. The SMILES string of the molecule is Cc1c(Cl)cccc1NC(=O)CN1C(=O)NC(C)(c2cccc(Br)c2)C1=O. The molecule has 1 saturated heterocycles. The van der Waals surface area contributed by atoms with Crippen molar-refractivity contribution in [2.24, 2.45) is 0 Å². The Morgan fingerprint density at radius 1 is 1.26 bits per heavy atom. The molecule has 0 radical (unpaired) electrons. The molecule has 0 spiro atoms. The van der Waals surface area contributed by atoms with E-state index in [0.717, 1.165) is 9.37 Å². The van der Waals surface area contributed by atoms with Crippen LogP contribution in [0.5, 0.6) is 0 Å². The Morgan fingerprint density at radius 3 is 2.67 bits per heavy atom. The van der Waals surface area contributed by atoms with Crippen molar-refractivity contribution in [1.82, 2.24) is 10.2 Å². The van der Waals surface area contributed by atoms with Crippen LogP contribution in [0.1, 0.15) is 18.1 Å². The number of benzene rings is 2. The number of hydrogen-bond acceptors (Lipinski definition) is 3. The van der Waals surface area contributed by atoms with Gasteiger partial charge in [-0.2, -0.15) is 0 Å². The third kappa shape index (κ3) is 3.70. The van der Waals surface area contributed by atoms with E-state index in [-0.39, 0.29) is 6.54 Å². The minimum atomic E-state index is -1.23. The summed E-state index contributed by atoms with van der Waals surface area (Å²) in [6, 6.07) is 11.6. The highest BCUT2D eigenvalue weighted by atomic mass is 79.9. The summed E-state index contributed by atoms with van der Waals surface area (Å²) in [6.07, 6.45) is 0. The molecular weight excluding hydrogens is 434 g/mol. The molecule has 2 aromatic rings. The summed E-state index contributed by atoms with van der Waals surface area (Å²) >= 11 is 9.41. The molecule has 1 heterocycles. The molecule has 3 rings (SSSR count). The number of nitrogens with zero attached hydrogens (tertiary/aromatic N) is 1. The van der Waals surface area contributed by atoms with Crippen LogP contribution in [0, 0.1) is 6.92 Å². The zero-order chi connectivity index (χ0) is 19.8. The predicted octanol–water partition coefficient (Wildman–Crippen LogP) is 3.82. The van der Waals surface area contributed by atoms with Gasteiger partial charge in [-0.1, -0.05) is 45.7 Å². The van der Waals surface area contributed by atoms with E-state index in [0.29, 0.717) is 21.8 Å². The van der Waals surface area contributed by atoms with Gasteiger partial charge in [0.05, 0.1) is 0 Å². The number of amides is 4. The number of nitrogens with one attached hydrogen (secondary N) is 2. The van der Waals surface area contributed by atoms with Crippen LogP contribution in [0.4, 0.5) is 10.5 Å². The Balaban J connectivity index is 1.77. The van der Waals surface area contributed by atoms with E-state index >= 15 is 0 Å². The molecule has 1 atom stereocenters. The summed E-state index contributed by atoms with van der Waals surface area (Å²) in [5.74, 6) is -0.967. The highest BCUT2D eigenvalue weighted by molar-refractivity contribution is 9.10. The number of urea groups is 1. The van der Waals surface area contributed by atoms with Crippen molar-refractivity contribution in [2.75, 3.05) is 11.9 Å². The Kier molecular flexibility index (Phi) is 5.26. The molecule has 0 aliphatic carbocycles. The Bertz CT molecular complexity index is 950. The van der Waals surface area contributed by atoms with E-state index in [1.165, 1.54) is 0 Å². The molecule has 1 fully saturated rings. The molecule has 27 heavy (non-hydrogen) atoms. The quantitative estimate of drug-likeness (QED) is 0.695.